The molecule has 4 nitrogen and oxygen atoms in total. The zero-order valence-electron chi connectivity index (χ0n) is 11.2. The van der Waals surface area contributed by atoms with E-state index in [4.69, 9.17) is 10.00 Å². The lowest BCUT2D eigenvalue weighted by Crippen LogP contribution is -2.15. The summed E-state index contributed by atoms with van der Waals surface area (Å²) in [5, 5.41) is 11.1. The van der Waals surface area contributed by atoms with Crippen LogP contribution in [0.15, 0.2) is 35.9 Å². The molecule has 0 aliphatic rings. The molecular formula is C14H13F3N2O2. The Morgan fingerprint density at radius 2 is 2.19 bits per heavy atom. The molecule has 1 aromatic rings. The van der Waals surface area contributed by atoms with E-state index in [1.807, 2.05) is 0 Å². The van der Waals surface area contributed by atoms with Crippen LogP contribution in [-0.4, -0.2) is 19.1 Å². The first kappa shape index (κ1) is 16.7. The number of rotatable bonds is 5. The van der Waals surface area contributed by atoms with Gasteiger partial charge in [-0.3, -0.25) is 4.79 Å². The number of amides is 1. The molecule has 0 aromatic heterocycles. The predicted octanol–water partition coefficient (Wildman–Crippen LogP) is 3.13. The molecule has 0 heterocycles. The molecule has 0 saturated carbocycles. The highest BCUT2D eigenvalue weighted by atomic mass is 19.4. The molecule has 0 aliphatic carbocycles. The average molecular weight is 298 g/mol. The molecule has 112 valence electrons. The Bertz CT molecular complexity index is 574. The van der Waals surface area contributed by atoms with E-state index in [9.17, 15) is 18.0 Å². The Morgan fingerprint density at radius 1 is 1.48 bits per heavy atom. The van der Waals surface area contributed by atoms with Crippen molar-refractivity contribution in [1.82, 2.24) is 0 Å². The molecule has 0 bridgehead atoms. The van der Waals surface area contributed by atoms with Crippen LogP contribution < -0.4 is 5.32 Å². The molecule has 0 spiro atoms. The lowest BCUT2D eigenvalue weighted by molar-refractivity contribution is -0.137. The van der Waals surface area contributed by atoms with Crippen molar-refractivity contribution in [3.63, 3.8) is 0 Å². The van der Waals surface area contributed by atoms with Gasteiger partial charge in [-0.25, -0.2) is 0 Å². The van der Waals surface area contributed by atoms with Gasteiger partial charge in [0.1, 0.15) is 11.6 Å². The van der Waals surface area contributed by atoms with Gasteiger partial charge in [-0.15, -0.1) is 0 Å². The molecule has 1 N–H and O–H groups in total. The van der Waals surface area contributed by atoms with Crippen molar-refractivity contribution in [2.24, 2.45) is 0 Å². The molecule has 0 aliphatic heterocycles. The van der Waals surface area contributed by atoms with E-state index < -0.39 is 17.6 Å². The van der Waals surface area contributed by atoms with E-state index in [-0.39, 0.29) is 17.9 Å². The van der Waals surface area contributed by atoms with Crippen LogP contribution in [0.4, 0.5) is 18.9 Å². The molecule has 0 unspecified atom stereocenters. The van der Waals surface area contributed by atoms with Gasteiger partial charge >= 0.3 is 6.18 Å². The molecule has 0 atom stereocenters. The van der Waals surface area contributed by atoms with E-state index in [0.717, 1.165) is 12.1 Å². The van der Waals surface area contributed by atoms with Crippen molar-refractivity contribution in [3.8, 4) is 6.07 Å². The third kappa shape index (κ3) is 5.28. The maximum absolute atomic E-state index is 12.5. The van der Waals surface area contributed by atoms with Gasteiger partial charge < -0.3 is 10.1 Å². The second-order valence-electron chi connectivity index (χ2n) is 3.92. The highest BCUT2D eigenvalue weighted by molar-refractivity contribution is 6.06. The van der Waals surface area contributed by atoms with Crippen LogP contribution in [-0.2, 0) is 15.7 Å². The number of halogens is 3. The van der Waals surface area contributed by atoms with Crippen LogP contribution in [0.5, 0.6) is 0 Å². The van der Waals surface area contributed by atoms with E-state index >= 15 is 0 Å². The van der Waals surface area contributed by atoms with Gasteiger partial charge in [0, 0.05) is 12.3 Å². The molecule has 21 heavy (non-hydrogen) atoms. The minimum Gasteiger partial charge on any atom is -0.378 e. The fraction of sp³-hybridized carbons (Fsp3) is 0.286. The first-order chi connectivity index (χ1) is 9.88. The molecular weight excluding hydrogens is 285 g/mol. The number of alkyl halides is 3. The lowest BCUT2D eigenvalue weighted by atomic mass is 10.2. The lowest BCUT2D eigenvalue weighted by Gasteiger charge is -2.09. The average Bonchev–Trinajstić information content (AvgIpc) is 2.43. The van der Waals surface area contributed by atoms with E-state index in [1.54, 1.807) is 13.0 Å². The van der Waals surface area contributed by atoms with Crippen LogP contribution in [0.25, 0.3) is 0 Å². The van der Waals surface area contributed by atoms with Gasteiger partial charge in [0.15, 0.2) is 0 Å². The van der Waals surface area contributed by atoms with E-state index in [0.29, 0.717) is 6.61 Å². The van der Waals surface area contributed by atoms with Crippen LogP contribution in [0.3, 0.4) is 0 Å². The molecule has 7 heteroatoms. The Hall–Kier alpha value is -2.33. The molecule has 1 aromatic carbocycles. The molecule has 0 saturated heterocycles. The summed E-state index contributed by atoms with van der Waals surface area (Å²) in [7, 11) is 0. The maximum Gasteiger partial charge on any atom is 0.416 e. The third-order valence-corrected chi connectivity index (χ3v) is 2.42. The van der Waals surface area contributed by atoms with Crippen molar-refractivity contribution in [1.29, 1.82) is 5.26 Å². The zero-order valence-corrected chi connectivity index (χ0v) is 11.2. The van der Waals surface area contributed by atoms with Gasteiger partial charge in [0.2, 0.25) is 0 Å². The first-order valence-corrected chi connectivity index (χ1v) is 6.05. The Morgan fingerprint density at radius 3 is 2.76 bits per heavy atom. The summed E-state index contributed by atoms with van der Waals surface area (Å²) in [6.45, 7) is 2.25. The van der Waals surface area contributed by atoms with Gasteiger partial charge in [-0.2, -0.15) is 18.4 Å². The van der Waals surface area contributed by atoms with Crippen LogP contribution in [0.1, 0.15) is 12.5 Å². The summed E-state index contributed by atoms with van der Waals surface area (Å²) in [5.74, 6) is -0.781. The maximum atomic E-state index is 12.5. The second-order valence-corrected chi connectivity index (χ2v) is 3.92. The predicted molar refractivity (Wildman–Crippen MR) is 70.3 cm³/mol. The summed E-state index contributed by atoms with van der Waals surface area (Å²) in [6, 6.07) is 5.85. The largest absolute Gasteiger partial charge is 0.416 e. The van der Waals surface area contributed by atoms with E-state index in [1.165, 1.54) is 18.2 Å². The number of ether oxygens (including phenoxy) is 1. The van der Waals surface area contributed by atoms with Gasteiger partial charge in [-0.05, 0) is 31.2 Å². The third-order valence-electron chi connectivity index (χ3n) is 2.42. The number of anilines is 1. The molecule has 0 fully saturated rings. The monoisotopic (exact) mass is 298 g/mol. The molecule has 1 amide bonds. The van der Waals surface area contributed by atoms with Crippen LogP contribution in [0, 0.1) is 11.3 Å². The molecule has 0 radical (unpaired) electrons. The van der Waals surface area contributed by atoms with Gasteiger partial charge in [0.05, 0.1) is 12.2 Å². The quantitative estimate of drug-likeness (QED) is 0.516. The number of nitrogens with zero attached hydrogens (tertiary/aromatic N) is 1. The van der Waals surface area contributed by atoms with Crippen molar-refractivity contribution >= 4 is 11.6 Å². The Labute approximate surface area is 119 Å². The number of nitriles is 1. The minimum atomic E-state index is -4.50. The number of hydrogen-bond acceptors (Lipinski definition) is 3. The van der Waals surface area contributed by atoms with E-state index in [2.05, 4.69) is 5.32 Å². The van der Waals surface area contributed by atoms with Crippen LogP contribution in [0.2, 0.25) is 0 Å². The number of carbonyl (C=O) groups excluding carboxylic acids is 1. The second kappa shape index (κ2) is 7.45. The minimum absolute atomic E-state index is 0.0348. The summed E-state index contributed by atoms with van der Waals surface area (Å²) >= 11 is 0. The smallest absolute Gasteiger partial charge is 0.378 e. The topological polar surface area (TPSA) is 62.1 Å². The summed E-state index contributed by atoms with van der Waals surface area (Å²) in [4.78, 5) is 11.8. The molecule has 1 rings (SSSR count). The fourth-order valence-electron chi connectivity index (χ4n) is 1.42. The van der Waals surface area contributed by atoms with Crippen molar-refractivity contribution in [2.45, 2.75) is 13.1 Å². The van der Waals surface area contributed by atoms with Crippen molar-refractivity contribution in [2.75, 3.05) is 18.5 Å². The SMILES string of the molecule is CCOCC=C(C#N)C(=O)Nc1cccc(C(F)(F)F)c1. The summed E-state index contributed by atoms with van der Waals surface area (Å²) in [5.41, 5.74) is -1.13. The Kier molecular flexibility index (Phi) is 5.93. The van der Waals surface area contributed by atoms with Crippen molar-refractivity contribution < 1.29 is 22.7 Å². The number of hydrogen-bond donors (Lipinski definition) is 1. The number of benzene rings is 1. The highest BCUT2D eigenvalue weighted by Crippen LogP contribution is 2.30. The number of carbonyl (C=O) groups is 1. The van der Waals surface area contributed by atoms with Gasteiger partial charge in [-0.1, -0.05) is 6.07 Å². The zero-order chi connectivity index (χ0) is 15.9. The van der Waals surface area contributed by atoms with Crippen molar-refractivity contribution in [3.05, 3.63) is 41.5 Å². The first-order valence-electron chi connectivity index (χ1n) is 6.05. The van der Waals surface area contributed by atoms with Gasteiger partial charge in [0.25, 0.3) is 5.91 Å². The Balaban J connectivity index is 2.83. The standard InChI is InChI=1S/C14H13F3N2O2/c1-2-21-7-6-10(9-18)13(20)19-12-5-3-4-11(8-12)14(15,16)17/h3-6,8H,2,7H2,1H3,(H,19,20). The summed E-state index contributed by atoms with van der Waals surface area (Å²) < 4.78 is 42.6. The van der Waals surface area contributed by atoms with Crippen LogP contribution >= 0.6 is 0 Å². The fourth-order valence-corrected chi connectivity index (χ4v) is 1.42. The normalized spacial score (nSPS) is 11.9. The highest BCUT2D eigenvalue weighted by Gasteiger charge is 2.30. The number of nitrogens with one attached hydrogen (secondary N) is 1. The summed E-state index contributed by atoms with van der Waals surface area (Å²) in [6.07, 6.45) is -3.23.